The summed E-state index contributed by atoms with van der Waals surface area (Å²) in [4.78, 5) is 5.11. The van der Waals surface area contributed by atoms with Crippen molar-refractivity contribution in [1.82, 2.24) is 9.82 Å². The lowest BCUT2D eigenvalue weighted by atomic mass is 10.1. The number of sulfonamides is 1. The predicted molar refractivity (Wildman–Crippen MR) is 70.3 cm³/mol. The molecule has 0 unspecified atom stereocenters. The van der Waals surface area contributed by atoms with Crippen LogP contribution >= 0.6 is 0 Å². The first-order valence-corrected chi connectivity index (χ1v) is 6.83. The van der Waals surface area contributed by atoms with Gasteiger partial charge in [0.05, 0.1) is 5.52 Å². The molecule has 5 nitrogen and oxygen atoms in total. The number of aromatic nitrogens is 1. The highest BCUT2D eigenvalue weighted by atomic mass is 32.2. The molecular weight excluding hydrogens is 250 g/mol. The van der Waals surface area contributed by atoms with E-state index in [1.54, 1.807) is 6.07 Å². The molecule has 0 atom stereocenters. The molecule has 0 fully saturated rings. The molecule has 2 aromatic carbocycles. The standard InChI is InChI=1S/C12H11N3O2S/c13-15-18(16,17)11-7-3-5-9-8-4-1-2-6-10(8)14-12(9)11/h1-7,14-15H,13H2. The van der Waals surface area contributed by atoms with Gasteiger partial charge in [-0.2, -0.15) is 0 Å². The number of hydrogen-bond acceptors (Lipinski definition) is 3. The van der Waals surface area contributed by atoms with Gasteiger partial charge in [0, 0.05) is 16.3 Å². The van der Waals surface area contributed by atoms with Gasteiger partial charge in [0.2, 0.25) is 0 Å². The second kappa shape index (κ2) is 3.81. The fourth-order valence-corrected chi connectivity index (χ4v) is 2.95. The summed E-state index contributed by atoms with van der Waals surface area (Å²) in [5.41, 5.74) is 1.46. The number of hydrazine groups is 1. The van der Waals surface area contributed by atoms with Crippen molar-refractivity contribution in [3.8, 4) is 0 Å². The van der Waals surface area contributed by atoms with Crippen LogP contribution in [-0.2, 0) is 10.0 Å². The third-order valence-electron chi connectivity index (χ3n) is 2.95. The minimum Gasteiger partial charge on any atom is -0.353 e. The molecule has 0 aliphatic heterocycles. The van der Waals surface area contributed by atoms with Crippen LogP contribution in [0.5, 0.6) is 0 Å². The van der Waals surface area contributed by atoms with Crippen molar-refractivity contribution in [2.75, 3.05) is 0 Å². The summed E-state index contributed by atoms with van der Waals surface area (Å²) in [7, 11) is -3.68. The average Bonchev–Trinajstić information content (AvgIpc) is 2.77. The summed E-state index contributed by atoms with van der Waals surface area (Å²) in [6.45, 7) is 0. The summed E-state index contributed by atoms with van der Waals surface area (Å²) in [5.74, 6) is 5.07. The number of nitrogens with one attached hydrogen (secondary N) is 2. The molecular formula is C12H11N3O2S. The van der Waals surface area contributed by atoms with E-state index in [0.717, 1.165) is 16.3 Å². The molecule has 18 heavy (non-hydrogen) atoms. The van der Waals surface area contributed by atoms with Crippen LogP contribution in [0, 0.1) is 0 Å². The predicted octanol–water partition coefficient (Wildman–Crippen LogP) is 1.47. The number of para-hydroxylation sites is 2. The minimum atomic E-state index is -3.68. The minimum absolute atomic E-state index is 0.152. The number of aromatic amines is 1. The van der Waals surface area contributed by atoms with Crippen LogP contribution in [-0.4, -0.2) is 13.4 Å². The van der Waals surface area contributed by atoms with Crippen LogP contribution in [0.4, 0.5) is 0 Å². The molecule has 0 aliphatic rings. The Balaban J connectivity index is 2.49. The number of nitrogens with two attached hydrogens (primary N) is 1. The summed E-state index contributed by atoms with van der Waals surface area (Å²) < 4.78 is 23.7. The molecule has 0 saturated heterocycles. The van der Waals surface area contributed by atoms with E-state index in [0.29, 0.717) is 5.52 Å². The van der Waals surface area contributed by atoms with E-state index in [-0.39, 0.29) is 4.90 Å². The smallest absolute Gasteiger partial charge is 0.255 e. The van der Waals surface area contributed by atoms with Gasteiger partial charge in [-0.25, -0.2) is 8.42 Å². The van der Waals surface area contributed by atoms with Gasteiger partial charge >= 0.3 is 0 Å². The number of H-pyrrole nitrogens is 1. The molecule has 6 heteroatoms. The fourth-order valence-electron chi connectivity index (χ4n) is 2.13. The Labute approximate surface area is 104 Å². The Bertz CT molecular complexity index is 837. The lowest BCUT2D eigenvalue weighted by Crippen LogP contribution is -2.30. The highest BCUT2D eigenvalue weighted by molar-refractivity contribution is 7.89. The van der Waals surface area contributed by atoms with Crippen LogP contribution in [0.3, 0.4) is 0 Å². The van der Waals surface area contributed by atoms with Gasteiger partial charge in [0.1, 0.15) is 4.90 Å². The summed E-state index contributed by atoms with van der Waals surface area (Å²) in [6.07, 6.45) is 0. The first kappa shape index (κ1) is 11.2. The second-order valence-corrected chi connectivity index (χ2v) is 5.65. The Hall–Kier alpha value is -1.89. The number of benzene rings is 2. The first-order valence-electron chi connectivity index (χ1n) is 5.35. The molecule has 3 rings (SSSR count). The van der Waals surface area contributed by atoms with Gasteiger partial charge in [-0.1, -0.05) is 30.3 Å². The van der Waals surface area contributed by atoms with Crippen molar-refractivity contribution in [1.29, 1.82) is 0 Å². The zero-order valence-electron chi connectivity index (χ0n) is 9.34. The highest BCUT2D eigenvalue weighted by Crippen LogP contribution is 2.29. The maximum absolute atomic E-state index is 11.8. The molecule has 92 valence electrons. The maximum Gasteiger partial charge on any atom is 0.255 e. The Morgan fingerprint density at radius 2 is 1.72 bits per heavy atom. The molecule has 4 N–H and O–H groups in total. The SMILES string of the molecule is NNS(=O)(=O)c1cccc2c1[nH]c1ccccc12. The molecule has 0 amide bonds. The van der Waals surface area contributed by atoms with Crippen LogP contribution in [0.2, 0.25) is 0 Å². The summed E-state index contributed by atoms with van der Waals surface area (Å²) >= 11 is 0. The van der Waals surface area contributed by atoms with Gasteiger partial charge in [0.25, 0.3) is 10.0 Å². The molecule has 0 saturated carbocycles. The highest BCUT2D eigenvalue weighted by Gasteiger charge is 2.17. The lowest BCUT2D eigenvalue weighted by molar-refractivity contribution is 0.585. The van der Waals surface area contributed by atoms with Gasteiger partial charge in [-0.15, -0.1) is 4.83 Å². The molecule has 1 aromatic heterocycles. The molecule has 0 aliphatic carbocycles. The first-order chi connectivity index (χ1) is 8.63. The van der Waals surface area contributed by atoms with E-state index in [1.807, 2.05) is 35.2 Å². The van der Waals surface area contributed by atoms with E-state index < -0.39 is 10.0 Å². The van der Waals surface area contributed by atoms with Crippen molar-refractivity contribution >= 4 is 31.8 Å². The summed E-state index contributed by atoms with van der Waals surface area (Å²) in [6, 6.07) is 12.8. The van der Waals surface area contributed by atoms with Crippen molar-refractivity contribution in [2.24, 2.45) is 5.84 Å². The normalized spacial score (nSPS) is 12.3. The van der Waals surface area contributed by atoms with Crippen LogP contribution in [0.25, 0.3) is 21.8 Å². The molecule has 0 bridgehead atoms. The zero-order chi connectivity index (χ0) is 12.8. The number of hydrogen-bond donors (Lipinski definition) is 3. The van der Waals surface area contributed by atoms with E-state index in [4.69, 9.17) is 5.84 Å². The zero-order valence-corrected chi connectivity index (χ0v) is 10.2. The molecule has 1 heterocycles. The lowest BCUT2D eigenvalue weighted by Gasteiger charge is -2.03. The topological polar surface area (TPSA) is 88.0 Å². The van der Waals surface area contributed by atoms with E-state index in [9.17, 15) is 8.42 Å². The summed E-state index contributed by atoms with van der Waals surface area (Å²) in [5, 5.41) is 1.85. The van der Waals surface area contributed by atoms with Gasteiger partial charge in [-0.05, 0) is 12.1 Å². The number of rotatable bonds is 2. The average molecular weight is 261 g/mol. The van der Waals surface area contributed by atoms with Crippen molar-refractivity contribution < 1.29 is 8.42 Å². The number of fused-ring (bicyclic) bond motifs is 3. The van der Waals surface area contributed by atoms with Crippen molar-refractivity contribution in [2.45, 2.75) is 4.90 Å². The quantitative estimate of drug-likeness (QED) is 0.482. The van der Waals surface area contributed by atoms with Crippen LogP contribution in [0.15, 0.2) is 47.4 Å². The Kier molecular flexibility index (Phi) is 2.37. The molecule has 0 spiro atoms. The van der Waals surface area contributed by atoms with E-state index >= 15 is 0 Å². The van der Waals surface area contributed by atoms with Gasteiger partial charge in [-0.3, -0.25) is 5.84 Å². The van der Waals surface area contributed by atoms with E-state index in [2.05, 4.69) is 4.98 Å². The molecule has 0 radical (unpaired) electrons. The largest absolute Gasteiger partial charge is 0.353 e. The third kappa shape index (κ3) is 1.51. The van der Waals surface area contributed by atoms with Crippen LogP contribution in [0.1, 0.15) is 0 Å². The fraction of sp³-hybridized carbons (Fsp3) is 0. The van der Waals surface area contributed by atoms with Crippen molar-refractivity contribution in [3.05, 3.63) is 42.5 Å². The Morgan fingerprint density at radius 3 is 2.50 bits per heavy atom. The third-order valence-corrected chi connectivity index (χ3v) is 4.18. The monoisotopic (exact) mass is 261 g/mol. The Morgan fingerprint density at radius 1 is 1.00 bits per heavy atom. The maximum atomic E-state index is 11.8. The second-order valence-electron chi connectivity index (χ2n) is 3.97. The van der Waals surface area contributed by atoms with Crippen LogP contribution < -0.4 is 10.7 Å². The van der Waals surface area contributed by atoms with E-state index in [1.165, 1.54) is 6.07 Å². The molecule has 3 aromatic rings. The van der Waals surface area contributed by atoms with Gasteiger partial charge < -0.3 is 4.98 Å². The van der Waals surface area contributed by atoms with Gasteiger partial charge in [0.15, 0.2) is 0 Å². The van der Waals surface area contributed by atoms with Crippen molar-refractivity contribution in [3.63, 3.8) is 0 Å².